The summed E-state index contributed by atoms with van der Waals surface area (Å²) in [4.78, 5) is 10.5. The molecule has 1 aliphatic carbocycles. The monoisotopic (exact) mass is 158 g/mol. The van der Waals surface area contributed by atoms with Crippen LogP contribution in [0.15, 0.2) is 0 Å². The van der Waals surface area contributed by atoms with Gasteiger partial charge in [0.1, 0.15) is 6.10 Å². The predicted molar refractivity (Wildman–Crippen MR) is 40.0 cm³/mol. The molecule has 0 aliphatic heterocycles. The van der Waals surface area contributed by atoms with Gasteiger partial charge in [-0.25, -0.2) is 0 Å². The summed E-state index contributed by atoms with van der Waals surface area (Å²) < 4.78 is 4.99. The number of rotatable bonds is 1. The van der Waals surface area contributed by atoms with Crippen LogP contribution in [-0.4, -0.2) is 23.3 Å². The zero-order valence-electron chi connectivity index (χ0n) is 6.75. The summed E-state index contributed by atoms with van der Waals surface area (Å²) in [6.45, 7) is 1.42. The van der Waals surface area contributed by atoms with Gasteiger partial charge in [0.15, 0.2) is 0 Å². The molecule has 3 heteroatoms. The number of hydrogen-bond donors (Lipinski definition) is 1. The van der Waals surface area contributed by atoms with E-state index in [2.05, 4.69) is 0 Å². The molecule has 64 valence electrons. The first-order valence-electron chi connectivity index (χ1n) is 4.04. The van der Waals surface area contributed by atoms with E-state index in [4.69, 9.17) is 9.84 Å². The molecule has 1 saturated carbocycles. The quantitative estimate of drug-likeness (QED) is 0.575. The lowest BCUT2D eigenvalue weighted by Crippen LogP contribution is -2.25. The lowest BCUT2D eigenvalue weighted by molar-refractivity contribution is -0.148. The molecule has 0 aromatic carbocycles. The zero-order valence-corrected chi connectivity index (χ0v) is 6.75. The summed E-state index contributed by atoms with van der Waals surface area (Å²) in [6, 6.07) is 0. The van der Waals surface area contributed by atoms with E-state index in [0.29, 0.717) is 0 Å². The van der Waals surface area contributed by atoms with E-state index in [1.54, 1.807) is 0 Å². The molecule has 0 heterocycles. The number of aliphatic hydroxyl groups is 1. The van der Waals surface area contributed by atoms with Crippen molar-refractivity contribution in [1.82, 2.24) is 0 Å². The Kier molecular flexibility index (Phi) is 2.88. The van der Waals surface area contributed by atoms with Crippen LogP contribution in [0, 0.1) is 0 Å². The summed E-state index contributed by atoms with van der Waals surface area (Å²) in [6.07, 6.45) is 3.01. The van der Waals surface area contributed by atoms with E-state index < -0.39 is 0 Å². The minimum atomic E-state index is -0.216. The van der Waals surface area contributed by atoms with Crippen LogP contribution in [0.3, 0.4) is 0 Å². The normalized spacial score (nSPS) is 31.5. The van der Waals surface area contributed by atoms with E-state index in [1.807, 2.05) is 0 Å². The summed E-state index contributed by atoms with van der Waals surface area (Å²) in [5.74, 6) is -0.216. The van der Waals surface area contributed by atoms with Gasteiger partial charge in [0.05, 0.1) is 6.10 Å². The Labute approximate surface area is 66.4 Å². The molecule has 1 rings (SSSR count). The fraction of sp³-hybridized carbons (Fsp3) is 0.875. The minimum absolute atomic E-state index is 0.0518. The standard InChI is InChI=1S/C8H14O3/c1-6(9)11-8-4-2-7(10)3-5-8/h7-8,10H,2-5H2,1H3/t7-,8-. The predicted octanol–water partition coefficient (Wildman–Crippen LogP) is 0.853. The maximum Gasteiger partial charge on any atom is 0.302 e. The van der Waals surface area contributed by atoms with E-state index >= 15 is 0 Å². The Morgan fingerprint density at radius 2 is 1.91 bits per heavy atom. The topological polar surface area (TPSA) is 46.5 Å². The van der Waals surface area contributed by atoms with Gasteiger partial charge in [-0.1, -0.05) is 0 Å². The van der Waals surface area contributed by atoms with Gasteiger partial charge >= 0.3 is 5.97 Å². The van der Waals surface area contributed by atoms with Crippen LogP contribution < -0.4 is 0 Å². The number of ether oxygens (including phenoxy) is 1. The molecule has 3 nitrogen and oxygen atoms in total. The van der Waals surface area contributed by atoms with Gasteiger partial charge < -0.3 is 9.84 Å². The highest BCUT2D eigenvalue weighted by atomic mass is 16.5. The molecule has 1 N–H and O–H groups in total. The first kappa shape index (κ1) is 8.53. The number of hydrogen-bond acceptors (Lipinski definition) is 3. The van der Waals surface area contributed by atoms with Crippen LogP contribution in [0.4, 0.5) is 0 Å². The molecule has 1 aliphatic rings. The van der Waals surface area contributed by atoms with Gasteiger partial charge in [-0.15, -0.1) is 0 Å². The highest BCUT2D eigenvalue weighted by molar-refractivity contribution is 5.66. The molecule has 0 bridgehead atoms. The summed E-state index contributed by atoms with van der Waals surface area (Å²) in [7, 11) is 0. The summed E-state index contributed by atoms with van der Waals surface area (Å²) >= 11 is 0. The Morgan fingerprint density at radius 3 is 2.36 bits per heavy atom. The first-order chi connectivity index (χ1) is 5.18. The van der Waals surface area contributed by atoms with Crippen molar-refractivity contribution < 1.29 is 14.6 Å². The van der Waals surface area contributed by atoms with Crippen molar-refractivity contribution in [2.75, 3.05) is 0 Å². The van der Waals surface area contributed by atoms with Crippen LogP contribution in [0.2, 0.25) is 0 Å². The fourth-order valence-corrected chi connectivity index (χ4v) is 1.40. The third-order valence-corrected chi connectivity index (χ3v) is 1.98. The maximum atomic E-state index is 10.5. The van der Waals surface area contributed by atoms with Crippen LogP contribution in [0.25, 0.3) is 0 Å². The largest absolute Gasteiger partial charge is 0.463 e. The van der Waals surface area contributed by atoms with Crippen LogP contribution in [-0.2, 0) is 9.53 Å². The molecule has 0 aromatic heterocycles. The van der Waals surface area contributed by atoms with Crippen molar-refractivity contribution in [3.05, 3.63) is 0 Å². The molecule has 0 atom stereocenters. The highest BCUT2D eigenvalue weighted by Crippen LogP contribution is 2.20. The lowest BCUT2D eigenvalue weighted by Gasteiger charge is -2.24. The average molecular weight is 158 g/mol. The van der Waals surface area contributed by atoms with Crippen molar-refractivity contribution >= 4 is 5.97 Å². The second-order valence-corrected chi connectivity index (χ2v) is 3.04. The molecule has 0 radical (unpaired) electrons. The third kappa shape index (κ3) is 2.89. The van der Waals surface area contributed by atoms with Crippen molar-refractivity contribution in [3.63, 3.8) is 0 Å². The van der Waals surface area contributed by atoms with Gasteiger partial charge in [-0.2, -0.15) is 0 Å². The van der Waals surface area contributed by atoms with Gasteiger partial charge in [-0.3, -0.25) is 4.79 Å². The molecule has 11 heavy (non-hydrogen) atoms. The van der Waals surface area contributed by atoms with Crippen molar-refractivity contribution in [1.29, 1.82) is 0 Å². The second-order valence-electron chi connectivity index (χ2n) is 3.04. The second kappa shape index (κ2) is 3.72. The van der Waals surface area contributed by atoms with Crippen molar-refractivity contribution in [2.45, 2.75) is 44.8 Å². The maximum absolute atomic E-state index is 10.5. The molecule has 0 aromatic rings. The van der Waals surface area contributed by atoms with Crippen LogP contribution >= 0.6 is 0 Å². The van der Waals surface area contributed by atoms with E-state index in [1.165, 1.54) is 6.92 Å². The molecule has 0 spiro atoms. The van der Waals surface area contributed by atoms with Gasteiger partial charge in [0, 0.05) is 6.92 Å². The molecule has 0 unspecified atom stereocenters. The number of carbonyl (C=O) groups excluding carboxylic acids is 1. The van der Waals surface area contributed by atoms with Crippen LogP contribution in [0.1, 0.15) is 32.6 Å². The zero-order chi connectivity index (χ0) is 8.27. The molecular weight excluding hydrogens is 144 g/mol. The summed E-state index contributed by atoms with van der Waals surface area (Å²) in [5.41, 5.74) is 0. The molecule has 0 saturated heterocycles. The van der Waals surface area contributed by atoms with E-state index in [-0.39, 0.29) is 18.2 Å². The van der Waals surface area contributed by atoms with Crippen molar-refractivity contribution in [2.24, 2.45) is 0 Å². The van der Waals surface area contributed by atoms with E-state index in [9.17, 15) is 4.79 Å². The van der Waals surface area contributed by atoms with Gasteiger partial charge in [-0.05, 0) is 25.7 Å². The van der Waals surface area contributed by atoms with Crippen LogP contribution in [0.5, 0.6) is 0 Å². The van der Waals surface area contributed by atoms with Gasteiger partial charge in [0.25, 0.3) is 0 Å². The Hall–Kier alpha value is -0.570. The van der Waals surface area contributed by atoms with Crippen molar-refractivity contribution in [3.8, 4) is 0 Å². The molecule has 1 fully saturated rings. The lowest BCUT2D eigenvalue weighted by atomic mass is 9.95. The Bertz CT molecular complexity index is 136. The minimum Gasteiger partial charge on any atom is -0.463 e. The molecular formula is C8H14O3. The third-order valence-electron chi connectivity index (χ3n) is 1.98. The molecule has 0 amide bonds. The average Bonchev–Trinajstić information content (AvgIpc) is 1.93. The van der Waals surface area contributed by atoms with Gasteiger partial charge in [0.2, 0.25) is 0 Å². The number of aliphatic hydroxyl groups excluding tert-OH is 1. The first-order valence-corrected chi connectivity index (χ1v) is 4.04. The van der Waals surface area contributed by atoms with E-state index in [0.717, 1.165) is 25.7 Å². The number of carbonyl (C=O) groups is 1. The number of esters is 1. The summed E-state index contributed by atoms with van der Waals surface area (Å²) in [5, 5.41) is 9.12. The SMILES string of the molecule is CC(=O)O[C@H]1CC[C@H](O)CC1. The smallest absolute Gasteiger partial charge is 0.302 e. The Balaban J connectivity index is 2.22. The Morgan fingerprint density at radius 1 is 1.36 bits per heavy atom. The fourth-order valence-electron chi connectivity index (χ4n) is 1.40. The highest BCUT2D eigenvalue weighted by Gasteiger charge is 2.20.